The number of aromatic nitrogens is 2. The maximum Gasteiger partial charge on any atom is 0.0524 e. The highest BCUT2D eigenvalue weighted by atomic mass is 15.3. The average molecular weight is 166 g/mol. The molecule has 2 heteroatoms. The highest BCUT2D eigenvalue weighted by Crippen LogP contribution is 2.35. The molecule has 2 rings (SSSR count). The second-order valence-electron chi connectivity index (χ2n) is 3.09. The Morgan fingerprint density at radius 3 is 2.25 bits per heavy atom. The Labute approximate surface area is 74.6 Å². The van der Waals surface area contributed by atoms with E-state index in [1.165, 1.54) is 24.1 Å². The van der Waals surface area contributed by atoms with E-state index >= 15 is 0 Å². The molecule has 0 amide bonds. The first-order valence-corrected chi connectivity index (χ1v) is 4.80. The predicted octanol–water partition coefficient (Wildman–Crippen LogP) is 2.86. The summed E-state index contributed by atoms with van der Waals surface area (Å²) >= 11 is 0. The first-order chi connectivity index (χ1) is 5.79. The van der Waals surface area contributed by atoms with Crippen molar-refractivity contribution in [2.24, 2.45) is 0 Å². The SMILES string of the molecule is CC.Cc1cnn(C2CC2)c1C. The minimum absolute atomic E-state index is 0.730. The number of nitrogens with zero attached hydrogens (tertiary/aromatic N) is 2. The molecule has 1 heterocycles. The third-order valence-electron chi connectivity index (χ3n) is 2.18. The van der Waals surface area contributed by atoms with E-state index in [9.17, 15) is 0 Å². The smallest absolute Gasteiger partial charge is 0.0524 e. The molecule has 1 aliphatic rings. The number of hydrogen-bond donors (Lipinski definition) is 0. The van der Waals surface area contributed by atoms with Gasteiger partial charge >= 0.3 is 0 Å². The Kier molecular flexibility index (Phi) is 2.90. The van der Waals surface area contributed by atoms with Crippen LogP contribution in [0.5, 0.6) is 0 Å². The van der Waals surface area contributed by atoms with E-state index in [2.05, 4.69) is 23.6 Å². The Bertz CT molecular complexity index is 246. The van der Waals surface area contributed by atoms with Gasteiger partial charge in [-0.05, 0) is 32.3 Å². The third kappa shape index (κ3) is 1.68. The summed E-state index contributed by atoms with van der Waals surface area (Å²) in [6.45, 7) is 8.25. The van der Waals surface area contributed by atoms with Gasteiger partial charge in [-0.25, -0.2) is 0 Å². The number of hydrogen-bond acceptors (Lipinski definition) is 1. The van der Waals surface area contributed by atoms with Crippen LogP contribution in [0.1, 0.15) is 44.0 Å². The molecule has 0 unspecified atom stereocenters. The Morgan fingerprint density at radius 2 is 1.92 bits per heavy atom. The molecule has 1 aromatic rings. The molecular weight excluding hydrogens is 148 g/mol. The summed E-state index contributed by atoms with van der Waals surface area (Å²) in [5.74, 6) is 0. The Hall–Kier alpha value is -0.790. The van der Waals surface area contributed by atoms with Crippen LogP contribution in [0.2, 0.25) is 0 Å². The molecule has 0 spiro atoms. The molecule has 0 bridgehead atoms. The number of aryl methyl sites for hydroxylation is 1. The van der Waals surface area contributed by atoms with Crippen molar-refractivity contribution in [3.05, 3.63) is 17.5 Å². The van der Waals surface area contributed by atoms with Crippen LogP contribution in [0.4, 0.5) is 0 Å². The summed E-state index contributed by atoms with van der Waals surface area (Å²) in [6, 6.07) is 0.730. The van der Waals surface area contributed by atoms with Crippen molar-refractivity contribution in [2.75, 3.05) is 0 Å². The van der Waals surface area contributed by atoms with Gasteiger partial charge in [-0.3, -0.25) is 4.68 Å². The second kappa shape index (κ2) is 3.74. The van der Waals surface area contributed by atoms with Crippen molar-refractivity contribution in [3.63, 3.8) is 0 Å². The van der Waals surface area contributed by atoms with Crippen LogP contribution >= 0.6 is 0 Å². The maximum absolute atomic E-state index is 4.29. The van der Waals surface area contributed by atoms with E-state index in [1.54, 1.807) is 0 Å². The Balaban J connectivity index is 0.000000336. The zero-order valence-electron chi connectivity index (χ0n) is 8.46. The molecule has 0 aromatic carbocycles. The molecule has 1 aliphatic carbocycles. The molecule has 1 aromatic heterocycles. The molecule has 0 N–H and O–H groups in total. The molecule has 12 heavy (non-hydrogen) atoms. The number of rotatable bonds is 1. The molecule has 68 valence electrons. The zero-order valence-corrected chi connectivity index (χ0v) is 8.46. The topological polar surface area (TPSA) is 17.8 Å². The first-order valence-electron chi connectivity index (χ1n) is 4.80. The minimum Gasteiger partial charge on any atom is -0.267 e. The van der Waals surface area contributed by atoms with Crippen LogP contribution in [-0.2, 0) is 0 Å². The molecular formula is C10H18N2. The molecule has 0 atom stereocenters. The van der Waals surface area contributed by atoms with Crippen molar-refractivity contribution in [2.45, 2.75) is 46.6 Å². The lowest BCUT2D eigenvalue weighted by molar-refractivity contribution is 0.621. The first kappa shape index (κ1) is 9.30. The van der Waals surface area contributed by atoms with Crippen LogP contribution in [-0.4, -0.2) is 9.78 Å². The fourth-order valence-corrected chi connectivity index (χ4v) is 1.20. The zero-order chi connectivity index (χ0) is 9.14. The summed E-state index contributed by atoms with van der Waals surface area (Å²) in [6.07, 6.45) is 4.59. The lowest BCUT2D eigenvalue weighted by Gasteiger charge is -1.99. The largest absolute Gasteiger partial charge is 0.267 e. The summed E-state index contributed by atoms with van der Waals surface area (Å²) in [4.78, 5) is 0. The maximum atomic E-state index is 4.29. The van der Waals surface area contributed by atoms with Crippen molar-refractivity contribution in [1.82, 2.24) is 9.78 Å². The van der Waals surface area contributed by atoms with Crippen LogP contribution in [0.3, 0.4) is 0 Å². The molecule has 2 nitrogen and oxygen atoms in total. The van der Waals surface area contributed by atoms with Crippen molar-refractivity contribution >= 4 is 0 Å². The van der Waals surface area contributed by atoms with Gasteiger partial charge in [0.25, 0.3) is 0 Å². The standard InChI is InChI=1S/C8H12N2.C2H6/c1-6-5-9-10(7(6)2)8-3-4-8;1-2/h5,8H,3-4H2,1-2H3;1-2H3. The third-order valence-corrected chi connectivity index (χ3v) is 2.18. The van der Waals surface area contributed by atoms with Crippen molar-refractivity contribution < 1.29 is 0 Å². The van der Waals surface area contributed by atoms with Gasteiger partial charge in [0.1, 0.15) is 0 Å². The van der Waals surface area contributed by atoms with E-state index in [0.29, 0.717) is 0 Å². The summed E-state index contributed by atoms with van der Waals surface area (Å²) < 4.78 is 2.15. The monoisotopic (exact) mass is 166 g/mol. The second-order valence-corrected chi connectivity index (χ2v) is 3.09. The van der Waals surface area contributed by atoms with Gasteiger partial charge in [0.2, 0.25) is 0 Å². The summed E-state index contributed by atoms with van der Waals surface area (Å²) in [5, 5.41) is 4.29. The highest BCUT2D eigenvalue weighted by Gasteiger charge is 2.25. The van der Waals surface area contributed by atoms with Crippen LogP contribution in [0.15, 0.2) is 6.20 Å². The van der Waals surface area contributed by atoms with E-state index in [-0.39, 0.29) is 0 Å². The summed E-state index contributed by atoms with van der Waals surface area (Å²) in [5.41, 5.74) is 2.65. The quantitative estimate of drug-likeness (QED) is 0.627. The highest BCUT2D eigenvalue weighted by molar-refractivity contribution is 5.14. The fraction of sp³-hybridized carbons (Fsp3) is 0.700. The van der Waals surface area contributed by atoms with E-state index in [1.807, 2.05) is 20.0 Å². The van der Waals surface area contributed by atoms with Crippen LogP contribution < -0.4 is 0 Å². The van der Waals surface area contributed by atoms with Crippen LogP contribution in [0.25, 0.3) is 0 Å². The minimum atomic E-state index is 0.730. The fourth-order valence-electron chi connectivity index (χ4n) is 1.20. The van der Waals surface area contributed by atoms with Gasteiger partial charge < -0.3 is 0 Å². The van der Waals surface area contributed by atoms with Gasteiger partial charge in [-0.15, -0.1) is 0 Å². The van der Waals surface area contributed by atoms with E-state index < -0.39 is 0 Å². The Morgan fingerprint density at radius 1 is 1.33 bits per heavy atom. The average Bonchev–Trinajstić information content (AvgIpc) is 2.87. The molecule has 1 saturated carbocycles. The van der Waals surface area contributed by atoms with Gasteiger partial charge in [0.15, 0.2) is 0 Å². The van der Waals surface area contributed by atoms with Gasteiger partial charge in [-0.1, -0.05) is 13.8 Å². The normalized spacial score (nSPS) is 15.3. The predicted molar refractivity (Wildman–Crippen MR) is 51.3 cm³/mol. The van der Waals surface area contributed by atoms with E-state index in [4.69, 9.17) is 0 Å². The lowest BCUT2D eigenvalue weighted by Crippen LogP contribution is -1.98. The van der Waals surface area contributed by atoms with Crippen molar-refractivity contribution in [3.8, 4) is 0 Å². The van der Waals surface area contributed by atoms with Gasteiger partial charge in [0.05, 0.1) is 12.2 Å². The molecule has 1 fully saturated rings. The lowest BCUT2D eigenvalue weighted by atomic mass is 10.3. The molecule has 0 aliphatic heterocycles. The molecule has 0 saturated heterocycles. The molecule has 0 radical (unpaired) electrons. The van der Waals surface area contributed by atoms with Gasteiger partial charge in [-0.2, -0.15) is 5.10 Å². The van der Waals surface area contributed by atoms with Crippen molar-refractivity contribution in [1.29, 1.82) is 0 Å². The van der Waals surface area contributed by atoms with E-state index in [0.717, 1.165) is 6.04 Å². The van der Waals surface area contributed by atoms with Crippen LogP contribution in [0, 0.1) is 13.8 Å². The summed E-state index contributed by atoms with van der Waals surface area (Å²) in [7, 11) is 0. The van der Waals surface area contributed by atoms with Gasteiger partial charge in [0, 0.05) is 5.69 Å².